The predicted octanol–water partition coefficient (Wildman–Crippen LogP) is 2.99. The number of aromatic nitrogens is 4. The van der Waals surface area contributed by atoms with Gasteiger partial charge in [0.15, 0.2) is 12.0 Å². The van der Waals surface area contributed by atoms with E-state index in [1.165, 1.54) is 5.56 Å². The molecule has 0 saturated carbocycles. The van der Waals surface area contributed by atoms with E-state index in [-0.39, 0.29) is 6.17 Å². The number of hydrogen-bond acceptors (Lipinski definition) is 5. The van der Waals surface area contributed by atoms with E-state index in [4.69, 9.17) is 0 Å². The van der Waals surface area contributed by atoms with Crippen LogP contribution in [-0.4, -0.2) is 19.7 Å². The molecular formula is C14H13N5S. The average Bonchev–Trinajstić information content (AvgIpc) is 2.97. The number of fused-ring (bicyclic) bond motifs is 1. The molecule has 1 aromatic carbocycles. The van der Waals surface area contributed by atoms with Crippen LogP contribution in [0.5, 0.6) is 0 Å². The Bertz CT molecular complexity index is 771. The monoisotopic (exact) mass is 283 g/mol. The third-order valence-electron chi connectivity index (χ3n) is 3.32. The molecule has 1 N–H and O–H groups in total. The van der Waals surface area contributed by atoms with Crippen molar-refractivity contribution in [2.24, 2.45) is 0 Å². The second-order valence-electron chi connectivity index (χ2n) is 4.94. The molecule has 0 spiro atoms. The summed E-state index contributed by atoms with van der Waals surface area (Å²) >= 11 is 1.64. The number of thiazole rings is 1. The summed E-state index contributed by atoms with van der Waals surface area (Å²) in [6.45, 7) is 4.07. The van der Waals surface area contributed by atoms with Crippen molar-refractivity contribution < 1.29 is 0 Å². The summed E-state index contributed by atoms with van der Waals surface area (Å²) < 4.78 is 1.90. The normalized spacial score (nSPS) is 16.4. The van der Waals surface area contributed by atoms with Crippen LogP contribution in [0.1, 0.15) is 22.4 Å². The molecule has 0 aliphatic carbocycles. The standard InChI is InChI=1S/C14H13N5S/c1-8-3-5-10(6-4-8)11-16-14-17-12(19(14)18-11)13-15-9(2)7-20-13/h3-7,12H,1-2H3,(H,16,17,18). The zero-order chi connectivity index (χ0) is 13.7. The Labute approximate surface area is 120 Å². The van der Waals surface area contributed by atoms with Gasteiger partial charge >= 0.3 is 0 Å². The molecule has 0 radical (unpaired) electrons. The van der Waals surface area contributed by atoms with Gasteiger partial charge in [0.2, 0.25) is 5.95 Å². The third kappa shape index (κ3) is 1.72. The Balaban J connectivity index is 1.68. The van der Waals surface area contributed by atoms with Gasteiger partial charge in [-0.25, -0.2) is 9.67 Å². The summed E-state index contributed by atoms with van der Waals surface area (Å²) in [4.78, 5) is 8.99. The molecule has 1 aliphatic rings. The second-order valence-corrected chi connectivity index (χ2v) is 5.83. The van der Waals surface area contributed by atoms with E-state index in [2.05, 4.69) is 39.4 Å². The Hall–Kier alpha value is -2.21. The third-order valence-corrected chi connectivity index (χ3v) is 4.34. The topological polar surface area (TPSA) is 55.6 Å². The highest BCUT2D eigenvalue weighted by molar-refractivity contribution is 7.09. The molecule has 0 saturated heterocycles. The molecule has 3 heterocycles. The molecule has 0 bridgehead atoms. The summed E-state index contributed by atoms with van der Waals surface area (Å²) in [7, 11) is 0. The van der Waals surface area contributed by atoms with Crippen LogP contribution < -0.4 is 5.32 Å². The van der Waals surface area contributed by atoms with Crippen LogP contribution >= 0.6 is 11.3 Å². The summed E-state index contributed by atoms with van der Waals surface area (Å²) in [5.41, 5.74) is 3.31. The van der Waals surface area contributed by atoms with Crippen molar-refractivity contribution in [1.82, 2.24) is 19.7 Å². The van der Waals surface area contributed by atoms with Gasteiger partial charge in [-0.2, -0.15) is 4.98 Å². The van der Waals surface area contributed by atoms with Crippen LogP contribution in [0.15, 0.2) is 29.6 Å². The number of rotatable bonds is 2. The Morgan fingerprint density at radius 3 is 2.65 bits per heavy atom. The highest BCUT2D eigenvalue weighted by Gasteiger charge is 2.32. The van der Waals surface area contributed by atoms with Crippen LogP contribution in [0.25, 0.3) is 11.4 Å². The molecular weight excluding hydrogens is 270 g/mol. The lowest BCUT2D eigenvalue weighted by molar-refractivity contribution is 0.508. The number of aryl methyl sites for hydroxylation is 2. The van der Waals surface area contributed by atoms with Crippen LogP contribution in [0.3, 0.4) is 0 Å². The highest BCUT2D eigenvalue weighted by atomic mass is 32.1. The van der Waals surface area contributed by atoms with Gasteiger partial charge in [-0.05, 0) is 13.8 Å². The average molecular weight is 283 g/mol. The maximum absolute atomic E-state index is 4.57. The van der Waals surface area contributed by atoms with E-state index >= 15 is 0 Å². The fraction of sp³-hybridized carbons (Fsp3) is 0.214. The minimum absolute atomic E-state index is 0.0235. The van der Waals surface area contributed by atoms with E-state index in [1.54, 1.807) is 11.3 Å². The zero-order valence-corrected chi connectivity index (χ0v) is 12.0. The maximum atomic E-state index is 4.57. The van der Waals surface area contributed by atoms with Crippen molar-refractivity contribution in [3.8, 4) is 11.4 Å². The summed E-state index contributed by atoms with van der Waals surface area (Å²) in [5.74, 6) is 1.56. The first kappa shape index (κ1) is 11.6. The van der Waals surface area contributed by atoms with Crippen molar-refractivity contribution in [2.45, 2.75) is 20.0 Å². The second kappa shape index (κ2) is 4.14. The largest absolute Gasteiger partial charge is 0.327 e. The van der Waals surface area contributed by atoms with Gasteiger partial charge in [-0.3, -0.25) is 0 Å². The highest BCUT2D eigenvalue weighted by Crippen LogP contribution is 2.34. The van der Waals surface area contributed by atoms with E-state index in [0.717, 1.165) is 28.0 Å². The molecule has 4 rings (SSSR count). The maximum Gasteiger partial charge on any atom is 0.226 e. The molecule has 20 heavy (non-hydrogen) atoms. The first-order chi connectivity index (χ1) is 9.70. The minimum atomic E-state index is 0.0235. The smallest absolute Gasteiger partial charge is 0.226 e. The molecule has 3 aromatic rings. The molecule has 2 aromatic heterocycles. The summed E-state index contributed by atoms with van der Waals surface area (Å²) in [6, 6.07) is 8.24. The first-order valence-electron chi connectivity index (χ1n) is 6.43. The number of nitrogens with one attached hydrogen (secondary N) is 1. The molecule has 1 atom stereocenters. The molecule has 1 aliphatic heterocycles. The van der Waals surface area contributed by atoms with Crippen molar-refractivity contribution in [2.75, 3.05) is 5.32 Å². The van der Waals surface area contributed by atoms with Crippen LogP contribution in [-0.2, 0) is 0 Å². The van der Waals surface area contributed by atoms with Crippen molar-refractivity contribution >= 4 is 17.3 Å². The Morgan fingerprint density at radius 1 is 1.15 bits per heavy atom. The van der Waals surface area contributed by atoms with Crippen molar-refractivity contribution in [3.05, 3.63) is 45.9 Å². The van der Waals surface area contributed by atoms with E-state index in [0.29, 0.717) is 0 Å². The lowest BCUT2D eigenvalue weighted by atomic mass is 10.1. The molecule has 6 heteroatoms. The van der Waals surface area contributed by atoms with Gasteiger partial charge in [0.05, 0.1) is 0 Å². The lowest BCUT2D eigenvalue weighted by Crippen LogP contribution is -2.32. The number of anilines is 1. The fourth-order valence-corrected chi connectivity index (χ4v) is 3.04. The van der Waals surface area contributed by atoms with Gasteiger partial charge in [-0.15, -0.1) is 16.4 Å². The number of nitrogens with zero attached hydrogens (tertiary/aromatic N) is 4. The van der Waals surface area contributed by atoms with Gasteiger partial charge in [0.1, 0.15) is 5.01 Å². The van der Waals surface area contributed by atoms with E-state index < -0.39 is 0 Å². The van der Waals surface area contributed by atoms with Gasteiger partial charge < -0.3 is 5.32 Å². The van der Waals surface area contributed by atoms with Gasteiger partial charge in [0.25, 0.3) is 0 Å². The molecule has 0 amide bonds. The van der Waals surface area contributed by atoms with E-state index in [9.17, 15) is 0 Å². The lowest BCUT2D eigenvalue weighted by Gasteiger charge is -2.26. The minimum Gasteiger partial charge on any atom is -0.327 e. The van der Waals surface area contributed by atoms with Crippen LogP contribution in [0.2, 0.25) is 0 Å². The Morgan fingerprint density at radius 2 is 1.95 bits per heavy atom. The number of benzene rings is 1. The first-order valence-corrected chi connectivity index (χ1v) is 7.31. The summed E-state index contributed by atoms with van der Waals surface area (Å²) in [5, 5.41) is 10.9. The van der Waals surface area contributed by atoms with Crippen LogP contribution in [0.4, 0.5) is 5.95 Å². The summed E-state index contributed by atoms with van der Waals surface area (Å²) in [6.07, 6.45) is 0.0235. The SMILES string of the molecule is Cc1ccc(-c2nc3n(n2)C(c2nc(C)cs2)N3)cc1. The van der Waals surface area contributed by atoms with Crippen molar-refractivity contribution in [1.29, 1.82) is 0 Å². The predicted molar refractivity (Wildman–Crippen MR) is 78.8 cm³/mol. The molecule has 1 unspecified atom stereocenters. The molecule has 5 nitrogen and oxygen atoms in total. The van der Waals surface area contributed by atoms with Gasteiger partial charge in [-0.1, -0.05) is 29.8 Å². The van der Waals surface area contributed by atoms with Crippen molar-refractivity contribution in [3.63, 3.8) is 0 Å². The number of hydrogen-bond donors (Lipinski definition) is 1. The fourth-order valence-electron chi connectivity index (χ4n) is 2.21. The van der Waals surface area contributed by atoms with E-state index in [1.807, 2.05) is 29.1 Å². The van der Waals surface area contributed by atoms with Gasteiger partial charge in [0, 0.05) is 16.6 Å². The zero-order valence-electron chi connectivity index (χ0n) is 11.2. The van der Waals surface area contributed by atoms with Crippen LogP contribution in [0, 0.1) is 13.8 Å². The molecule has 0 fully saturated rings. The molecule has 100 valence electrons. The quantitative estimate of drug-likeness (QED) is 0.785. The Kier molecular flexibility index (Phi) is 2.40.